The SMILES string of the molecule is CCCC1=C(Cl)c2c(O)c3c(c(O)c2CN1C)-c1c(O)c2c(c(OC)c1CC3)OC1=C(C2)C(O)C(OC2O[C@H](C)[C@@H](O)[C@H](O)[C@@H]2O)CC1O. The quantitative estimate of drug-likeness (QED) is 0.211. The Morgan fingerprint density at radius 1 is 0.878 bits per heavy atom. The molecule has 1 fully saturated rings. The number of ether oxygens (including phenoxy) is 4. The summed E-state index contributed by atoms with van der Waals surface area (Å²) in [7, 11) is 3.32. The third kappa shape index (κ3) is 5.09. The fourth-order valence-electron chi connectivity index (χ4n) is 8.04. The molecule has 0 spiro atoms. The molecule has 1 saturated heterocycles. The Balaban J connectivity index is 1.30. The highest BCUT2D eigenvalue weighted by Gasteiger charge is 2.48. The van der Waals surface area contributed by atoms with Gasteiger partial charge in [0.05, 0.1) is 24.4 Å². The van der Waals surface area contributed by atoms with Gasteiger partial charge in [0.2, 0.25) is 0 Å². The normalized spacial score (nSPS) is 30.6. The van der Waals surface area contributed by atoms with Crippen LogP contribution in [0.4, 0.5) is 0 Å². The molecule has 4 unspecified atom stereocenters. The van der Waals surface area contributed by atoms with Gasteiger partial charge in [-0.2, -0.15) is 0 Å². The van der Waals surface area contributed by atoms with Gasteiger partial charge >= 0.3 is 0 Å². The van der Waals surface area contributed by atoms with Crippen molar-refractivity contribution in [1.29, 1.82) is 0 Å². The zero-order valence-corrected chi connectivity index (χ0v) is 28.4. The van der Waals surface area contributed by atoms with Crippen LogP contribution in [0.5, 0.6) is 28.7 Å². The van der Waals surface area contributed by atoms with Crippen LogP contribution in [0.3, 0.4) is 0 Å². The Morgan fingerprint density at radius 2 is 1.53 bits per heavy atom. The molecule has 3 heterocycles. The predicted octanol–water partition coefficient (Wildman–Crippen LogP) is 2.26. The van der Waals surface area contributed by atoms with Gasteiger partial charge in [0, 0.05) is 76.6 Å². The van der Waals surface area contributed by atoms with E-state index in [0.29, 0.717) is 46.5 Å². The first kappa shape index (κ1) is 34.2. The second kappa shape index (κ2) is 12.5. The number of rotatable bonds is 5. The molecular formula is C35H42ClNO12. The Kier molecular flexibility index (Phi) is 8.72. The Labute approximate surface area is 287 Å². The van der Waals surface area contributed by atoms with Crippen LogP contribution in [0.15, 0.2) is 17.0 Å². The summed E-state index contributed by atoms with van der Waals surface area (Å²) in [4.78, 5) is 1.94. The van der Waals surface area contributed by atoms with E-state index < -0.39 is 49.0 Å². The van der Waals surface area contributed by atoms with Gasteiger partial charge in [-0.05, 0) is 26.2 Å². The summed E-state index contributed by atoms with van der Waals surface area (Å²) in [6, 6.07) is 0. The van der Waals surface area contributed by atoms with E-state index in [1.807, 2.05) is 18.9 Å². The van der Waals surface area contributed by atoms with Crippen molar-refractivity contribution < 1.29 is 59.8 Å². The van der Waals surface area contributed by atoms with Gasteiger partial charge < -0.3 is 64.7 Å². The van der Waals surface area contributed by atoms with Crippen LogP contribution in [0.1, 0.15) is 60.9 Å². The van der Waals surface area contributed by atoms with Crippen LogP contribution in [0.2, 0.25) is 0 Å². The van der Waals surface area contributed by atoms with E-state index in [4.69, 9.17) is 30.5 Å². The van der Waals surface area contributed by atoms with Gasteiger partial charge in [0.15, 0.2) is 17.8 Å². The minimum Gasteiger partial charge on any atom is -0.507 e. The second-order valence-corrected chi connectivity index (χ2v) is 13.9. The molecule has 0 bridgehead atoms. The van der Waals surface area contributed by atoms with E-state index in [-0.39, 0.29) is 76.2 Å². The lowest BCUT2D eigenvalue weighted by atomic mass is 9.77. The number of phenolic OH excluding ortho intramolecular Hbond substituents is 3. The highest BCUT2D eigenvalue weighted by Crippen LogP contribution is 2.59. The Bertz CT molecular complexity index is 1770. The average Bonchev–Trinajstić information content (AvgIpc) is 3.08. The first-order valence-corrected chi connectivity index (χ1v) is 16.9. The van der Waals surface area contributed by atoms with Crippen molar-refractivity contribution in [2.45, 2.75) is 108 Å². The monoisotopic (exact) mass is 703 g/mol. The summed E-state index contributed by atoms with van der Waals surface area (Å²) in [6.07, 6.45) is -8.64. The summed E-state index contributed by atoms with van der Waals surface area (Å²) < 4.78 is 23.5. The van der Waals surface area contributed by atoms with Crippen LogP contribution in [-0.4, -0.2) is 109 Å². The number of fused-ring (bicyclic) bond motifs is 5. The minimum atomic E-state index is -1.62. The number of allylic oxidation sites excluding steroid dienone is 1. The van der Waals surface area contributed by atoms with Crippen molar-refractivity contribution in [3.63, 3.8) is 0 Å². The highest BCUT2D eigenvalue weighted by molar-refractivity contribution is 6.50. The molecule has 0 saturated carbocycles. The number of phenols is 3. The molecule has 0 aromatic heterocycles. The summed E-state index contributed by atoms with van der Waals surface area (Å²) >= 11 is 6.85. The van der Waals surface area contributed by atoms with Crippen molar-refractivity contribution in [1.82, 2.24) is 4.90 Å². The molecule has 3 aliphatic heterocycles. The van der Waals surface area contributed by atoms with Gasteiger partial charge in [-0.1, -0.05) is 24.9 Å². The molecule has 2 aliphatic carbocycles. The van der Waals surface area contributed by atoms with E-state index >= 15 is 0 Å². The summed E-state index contributed by atoms with van der Waals surface area (Å²) in [6.45, 7) is 3.82. The number of hydrogen-bond acceptors (Lipinski definition) is 13. The van der Waals surface area contributed by atoms with Gasteiger partial charge in [0.25, 0.3) is 0 Å². The van der Waals surface area contributed by atoms with E-state index in [9.17, 15) is 40.9 Å². The summed E-state index contributed by atoms with van der Waals surface area (Å²) in [5.74, 6) is 0.115. The van der Waals surface area contributed by atoms with Crippen LogP contribution in [-0.2, 0) is 35.3 Å². The highest BCUT2D eigenvalue weighted by atomic mass is 35.5. The van der Waals surface area contributed by atoms with Gasteiger partial charge in [-0.3, -0.25) is 0 Å². The number of methoxy groups -OCH3 is 1. The van der Waals surface area contributed by atoms with Crippen LogP contribution in [0.25, 0.3) is 16.2 Å². The van der Waals surface area contributed by atoms with Crippen LogP contribution >= 0.6 is 11.6 Å². The summed E-state index contributed by atoms with van der Waals surface area (Å²) in [5, 5.41) is 89.4. The van der Waals surface area contributed by atoms with E-state index in [0.717, 1.165) is 12.1 Å². The molecule has 8 atom stereocenters. The smallest absolute Gasteiger partial charge is 0.186 e. The minimum absolute atomic E-state index is 0.0534. The first-order chi connectivity index (χ1) is 23.3. The number of aliphatic hydroxyl groups excluding tert-OH is 5. The van der Waals surface area contributed by atoms with Crippen molar-refractivity contribution >= 4 is 16.6 Å². The standard InChI is InChI=1S/C35H42ClNO12/c1-5-6-18-24(36)23-17(11-37(18)3)29(43)21-13(27(23)41)7-8-14-22(21)28(42)16-9-15-26(40)20(10-19(38)32(15)49-34(16)33(14)46-4)48-35-31(45)30(44)25(39)12(2)47-35/h12,19-20,25-26,30-31,35,38-45H,5-11H2,1-4H3/t12-,19?,20?,25-,26?,30+,31+,35?/m1/s1. The summed E-state index contributed by atoms with van der Waals surface area (Å²) in [5.41, 5.74) is 3.63. The molecule has 2 aromatic carbocycles. The molecule has 5 aliphatic rings. The average molecular weight is 704 g/mol. The lowest BCUT2D eigenvalue weighted by molar-refractivity contribution is -0.311. The predicted molar refractivity (Wildman–Crippen MR) is 175 cm³/mol. The zero-order valence-electron chi connectivity index (χ0n) is 27.6. The number of benzene rings is 2. The lowest BCUT2D eigenvalue weighted by Gasteiger charge is -2.43. The third-order valence-corrected chi connectivity index (χ3v) is 11.0. The van der Waals surface area contributed by atoms with Crippen LogP contribution in [0, 0.1) is 0 Å². The van der Waals surface area contributed by atoms with Crippen molar-refractivity contribution in [3.8, 4) is 39.9 Å². The second-order valence-electron chi connectivity index (χ2n) is 13.5. The number of aromatic hydroxyl groups is 3. The van der Waals surface area contributed by atoms with Crippen LogP contribution < -0.4 is 9.47 Å². The largest absolute Gasteiger partial charge is 0.507 e. The Morgan fingerprint density at radius 3 is 2.22 bits per heavy atom. The number of hydrogen-bond donors (Lipinski definition) is 8. The van der Waals surface area contributed by atoms with E-state index in [1.165, 1.54) is 14.0 Å². The molecule has 2 aromatic rings. The van der Waals surface area contributed by atoms with Crippen molar-refractivity contribution in [2.75, 3.05) is 14.2 Å². The molecule has 13 nitrogen and oxygen atoms in total. The van der Waals surface area contributed by atoms with Crippen molar-refractivity contribution in [2.24, 2.45) is 0 Å². The molecule has 0 amide bonds. The third-order valence-electron chi connectivity index (χ3n) is 10.6. The van der Waals surface area contributed by atoms with Crippen molar-refractivity contribution in [3.05, 3.63) is 44.8 Å². The maximum absolute atomic E-state index is 12.0. The van der Waals surface area contributed by atoms with Gasteiger partial charge in [-0.15, -0.1) is 0 Å². The van der Waals surface area contributed by atoms with Gasteiger partial charge in [-0.25, -0.2) is 0 Å². The molecular weight excluding hydrogens is 662 g/mol. The molecule has 7 rings (SSSR count). The molecule has 266 valence electrons. The van der Waals surface area contributed by atoms with E-state index in [2.05, 4.69) is 0 Å². The fourth-order valence-corrected chi connectivity index (χ4v) is 8.48. The number of halogens is 1. The number of nitrogens with zero attached hydrogens (tertiary/aromatic N) is 1. The first-order valence-electron chi connectivity index (χ1n) is 16.6. The molecule has 0 radical (unpaired) electrons. The molecule has 14 heteroatoms. The van der Waals surface area contributed by atoms with Gasteiger partial charge in [0.1, 0.15) is 53.5 Å². The molecule has 49 heavy (non-hydrogen) atoms. The lowest BCUT2D eigenvalue weighted by Crippen LogP contribution is -2.59. The van der Waals surface area contributed by atoms with E-state index in [1.54, 1.807) is 0 Å². The maximum atomic E-state index is 12.0. The fraction of sp³-hybridized carbons (Fsp3) is 0.543. The topological polar surface area (TPSA) is 202 Å². The molecule has 8 N–H and O–H groups in total. The Hall–Kier alpha value is -3.27. The number of aliphatic hydroxyl groups is 5. The zero-order chi connectivity index (χ0) is 35.2. The maximum Gasteiger partial charge on any atom is 0.186 e.